The van der Waals surface area contributed by atoms with Crippen LogP contribution >= 0.6 is 0 Å². The number of benzene rings is 1. The number of ether oxygens (including phenoxy) is 1. The second kappa shape index (κ2) is 4.97. The highest BCUT2D eigenvalue weighted by molar-refractivity contribution is 5.58. The predicted molar refractivity (Wildman–Crippen MR) is 61.0 cm³/mol. The molecule has 1 radical (unpaired) electrons. The second-order valence-electron chi connectivity index (χ2n) is 3.59. The van der Waals surface area contributed by atoms with Crippen molar-refractivity contribution in [3.63, 3.8) is 0 Å². The first-order valence-corrected chi connectivity index (χ1v) is 4.76. The van der Waals surface area contributed by atoms with Crippen molar-refractivity contribution in [2.45, 2.75) is 20.8 Å². The summed E-state index contributed by atoms with van der Waals surface area (Å²) in [7, 11) is 3.32. The standard InChI is InChI=1S/C13H17O/c1-10-8-11(2)13(12(3)9-10)6-5-7-14-4/h5-6,8-9H,4,7H2,1-3H3. The van der Waals surface area contributed by atoms with Gasteiger partial charge in [0.1, 0.15) is 0 Å². The van der Waals surface area contributed by atoms with Gasteiger partial charge in [-0.15, -0.1) is 0 Å². The lowest BCUT2D eigenvalue weighted by atomic mass is 9.99. The van der Waals surface area contributed by atoms with Gasteiger partial charge in [-0.1, -0.05) is 29.8 Å². The van der Waals surface area contributed by atoms with Crippen LogP contribution in [0.25, 0.3) is 6.08 Å². The third-order valence-corrected chi connectivity index (χ3v) is 2.24. The Morgan fingerprint density at radius 3 is 2.29 bits per heavy atom. The molecule has 0 amide bonds. The molecule has 0 N–H and O–H groups in total. The van der Waals surface area contributed by atoms with E-state index in [1.54, 1.807) is 0 Å². The van der Waals surface area contributed by atoms with E-state index in [-0.39, 0.29) is 0 Å². The van der Waals surface area contributed by atoms with Crippen molar-refractivity contribution < 1.29 is 4.74 Å². The quantitative estimate of drug-likeness (QED) is 0.707. The summed E-state index contributed by atoms with van der Waals surface area (Å²) >= 11 is 0. The molecule has 0 heterocycles. The first-order chi connectivity index (χ1) is 6.65. The fourth-order valence-corrected chi connectivity index (χ4v) is 1.69. The topological polar surface area (TPSA) is 9.23 Å². The fourth-order valence-electron chi connectivity index (χ4n) is 1.69. The van der Waals surface area contributed by atoms with Crippen molar-refractivity contribution in [2.24, 2.45) is 0 Å². The Labute approximate surface area is 86.4 Å². The lowest BCUT2D eigenvalue weighted by molar-refractivity contribution is 0.282. The molecule has 0 atom stereocenters. The monoisotopic (exact) mass is 189 g/mol. The van der Waals surface area contributed by atoms with Crippen LogP contribution in [0.2, 0.25) is 0 Å². The van der Waals surface area contributed by atoms with E-state index in [1.165, 1.54) is 22.3 Å². The summed E-state index contributed by atoms with van der Waals surface area (Å²) in [4.78, 5) is 0. The average Bonchev–Trinajstić information content (AvgIpc) is 2.09. The highest BCUT2D eigenvalue weighted by Crippen LogP contribution is 2.17. The van der Waals surface area contributed by atoms with Crippen LogP contribution < -0.4 is 0 Å². The largest absolute Gasteiger partial charge is 0.375 e. The molecular weight excluding hydrogens is 172 g/mol. The van der Waals surface area contributed by atoms with E-state index in [0.717, 1.165) is 0 Å². The fraction of sp³-hybridized carbons (Fsp3) is 0.308. The smallest absolute Gasteiger partial charge is 0.0704 e. The number of rotatable bonds is 3. The van der Waals surface area contributed by atoms with Crippen molar-refractivity contribution in [3.05, 3.63) is 47.6 Å². The molecule has 14 heavy (non-hydrogen) atoms. The van der Waals surface area contributed by atoms with Gasteiger partial charge >= 0.3 is 0 Å². The van der Waals surface area contributed by atoms with Gasteiger partial charge in [-0.25, -0.2) is 0 Å². The Kier molecular flexibility index (Phi) is 3.90. The highest BCUT2D eigenvalue weighted by Gasteiger charge is 1.99. The summed E-state index contributed by atoms with van der Waals surface area (Å²) in [6, 6.07) is 4.38. The van der Waals surface area contributed by atoms with E-state index in [0.29, 0.717) is 6.61 Å². The first kappa shape index (κ1) is 11.0. The molecule has 0 unspecified atom stereocenters. The van der Waals surface area contributed by atoms with E-state index >= 15 is 0 Å². The summed E-state index contributed by atoms with van der Waals surface area (Å²) in [5.74, 6) is 0. The van der Waals surface area contributed by atoms with Gasteiger partial charge in [0.05, 0.1) is 13.7 Å². The third kappa shape index (κ3) is 2.71. The van der Waals surface area contributed by atoms with Gasteiger partial charge in [-0.05, 0) is 37.5 Å². The maximum absolute atomic E-state index is 4.73. The van der Waals surface area contributed by atoms with Crippen LogP contribution in [0.1, 0.15) is 22.3 Å². The second-order valence-corrected chi connectivity index (χ2v) is 3.59. The van der Waals surface area contributed by atoms with Crippen LogP contribution in [0.5, 0.6) is 0 Å². The number of hydrogen-bond acceptors (Lipinski definition) is 1. The lowest BCUT2D eigenvalue weighted by Crippen LogP contribution is -1.89. The minimum atomic E-state index is 0.562. The van der Waals surface area contributed by atoms with E-state index in [1.807, 2.05) is 6.08 Å². The molecule has 1 rings (SSSR count). The van der Waals surface area contributed by atoms with Gasteiger partial charge in [0, 0.05) is 0 Å². The molecule has 0 aliphatic heterocycles. The van der Waals surface area contributed by atoms with Gasteiger partial charge in [0.15, 0.2) is 0 Å². The van der Waals surface area contributed by atoms with E-state index < -0.39 is 0 Å². The Bertz CT molecular complexity index is 314. The minimum Gasteiger partial charge on any atom is -0.375 e. The summed E-state index contributed by atoms with van der Waals surface area (Å²) < 4.78 is 4.73. The molecule has 0 saturated carbocycles. The zero-order chi connectivity index (χ0) is 10.6. The predicted octanol–water partition coefficient (Wildman–Crippen LogP) is 3.43. The van der Waals surface area contributed by atoms with E-state index in [9.17, 15) is 0 Å². The Morgan fingerprint density at radius 2 is 1.79 bits per heavy atom. The lowest BCUT2D eigenvalue weighted by Gasteiger charge is -2.06. The molecule has 1 aromatic carbocycles. The molecule has 0 fully saturated rings. The third-order valence-electron chi connectivity index (χ3n) is 2.24. The van der Waals surface area contributed by atoms with Crippen molar-refractivity contribution in [2.75, 3.05) is 6.61 Å². The van der Waals surface area contributed by atoms with Gasteiger partial charge in [0.2, 0.25) is 0 Å². The maximum atomic E-state index is 4.73. The van der Waals surface area contributed by atoms with Crippen LogP contribution in [-0.2, 0) is 4.74 Å². The van der Waals surface area contributed by atoms with Crippen LogP contribution in [0.3, 0.4) is 0 Å². The van der Waals surface area contributed by atoms with Crippen molar-refractivity contribution in [1.29, 1.82) is 0 Å². The van der Waals surface area contributed by atoms with Gasteiger partial charge in [0.25, 0.3) is 0 Å². The molecule has 1 nitrogen and oxygen atoms in total. The summed E-state index contributed by atoms with van der Waals surface area (Å²) in [6.07, 6.45) is 4.08. The Balaban J connectivity index is 2.96. The highest BCUT2D eigenvalue weighted by atomic mass is 16.5. The van der Waals surface area contributed by atoms with Crippen LogP contribution in [0, 0.1) is 27.9 Å². The molecule has 0 saturated heterocycles. The van der Waals surface area contributed by atoms with E-state index in [2.05, 4.69) is 46.1 Å². The molecule has 1 heteroatoms. The van der Waals surface area contributed by atoms with Gasteiger partial charge in [-0.3, -0.25) is 0 Å². The van der Waals surface area contributed by atoms with Gasteiger partial charge < -0.3 is 4.74 Å². The molecule has 75 valence electrons. The first-order valence-electron chi connectivity index (χ1n) is 4.76. The number of hydrogen-bond donors (Lipinski definition) is 0. The summed E-state index contributed by atoms with van der Waals surface area (Å²) in [5.41, 5.74) is 5.21. The molecule has 0 aromatic heterocycles. The number of aryl methyl sites for hydroxylation is 3. The van der Waals surface area contributed by atoms with Crippen LogP contribution in [-0.4, -0.2) is 6.61 Å². The normalized spacial score (nSPS) is 11.1. The summed E-state index contributed by atoms with van der Waals surface area (Å²) in [5, 5.41) is 0. The molecule has 0 spiro atoms. The van der Waals surface area contributed by atoms with Crippen molar-refractivity contribution in [1.82, 2.24) is 0 Å². The molecule has 0 aliphatic carbocycles. The summed E-state index contributed by atoms with van der Waals surface area (Å²) in [6.45, 7) is 6.94. The van der Waals surface area contributed by atoms with Crippen LogP contribution in [0.4, 0.5) is 0 Å². The maximum Gasteiger partial charge on any atom is 0.0704 e. The van der Waals surface area contributed by atoms with Crippen molar-refractivity contribution >= 4 is 6.08 Å². The van der Waals surface area contributed by atoms with Crippen molar-refractivity contribution in [3.8, 4) is 0 Å². The van der Waals surface area contributed by atoms with E-state index in [4.69, 9.17) is 4.74 Å². The molecular formula is C13H17O. The van der Waals surface area contributed by atoms with Crippen LogP contribution in [0.15, 0.2) is 18.2 Å². The Hall–Kier alpha value is -1.08. The molecule has 0 bridgehead atoms. The molecule has 1 aromatic rings. The molecule has 0 aliphatic rings. The Morgan fingerprint density at radius 1 is 1.21 bits per heavy atom. The minimum absolute atomic E-state index is 0.562. The van der Waals surface area contributed by atoms with Gasteiger partial charge in [-0.2, -0.15) is 0 Å². The zero-order valence-corrected chi connectivity index (χ0v) is 9.13. The SMILES string of the molecule is [CH2]OCC=Cc1c(C)cc(C)cc1C. The average molecular weight is 189 g/mol. The zero-order valence-electron chi connectivity index (χ0n) is 9.13.